The summed E-state index contributed by atoms with van der Waals surface area (Å²) in [6.07, 6.45) is 1.62. The number of nitrogens with one attached hydrogen (secondary N) is 1. The highest BCUT2D eigenvalue weighted by molar-refractivity contribution is 7.16. The molecule has 0 unspecified atom stereocenters. The quantitative estimate of drug-likeness (QED) is 0.848. The predicted molar refractivity (Wildman–Crippen MR) is 86.8 cm³/mol. The molecule has 0 fully saturated rings. The number of carbonyl (C=O) groups is 1. The summed E-state index contributed by atoms with van der Waals surface area (Å²) in [6.45, 7) is 0.303. The van der Waals surface area contributed by atoms with Gasteiger partial charge in [0.2, 0.25) is 0 Å². The summed E-state index contributed by atoms with van der Waals surface area (Å²) in [4.78, 5) is 19.0. The smallest absolute Gasteiger partial charge is 0.257 e. The molecule has 0 bridgehead atoms. The second-order valence-electron chi connectivity index (χ2n) is 4.43. The third-order valence-corrected chi connectivity index (χ3v) is 3.49. The molecule has 0 spiro atoms. The van der Waals surface area contributed by atoms with E-state index in [4.69, 9.17) is 5.73 Å². The number of carbonyl (C=O) groups excluding carboxylic acids is 1. The highest BCUT2D eigenvalue weighted by atomic mass is 32.1. The number of aromatic nitrogens is 1. The Labute approximate surface area is 127 Å². The maximum absolute atomic E-state index is 12.2. The zero-order valence-corrected chi connectivity index (χ0v) is 12.7. The van der Waals surface area contributed by atoms with Gasteiger partial charge in [0.15, 0.2) is 5.13 Å². The minimum absolute atomic E-state index is 0.189. The number of benzene rings is 1. The first-order valence-corrected chi connectivity index (χ1v) is 7.15. The lowest BCUT2D eigenvalue weighted by molar-refractivity contribution is 0.102. The minimum atomic E-state index is -0.189. The predicted octanol–water partition coefficient (Wildman–Crippen LogP) is 1.77. The van der Waals surface area contributed by atoms with Gasteiger partial charge in [-0.15, -0.1) is 0 Å². The van der Waals surface area contributed by atoms with Crippen LogP contribution >= 0.6 is 11.3 Å². The second kappa shape index (κ2) is 6.88. The van der Waals surface area contributed by atoms with Crippen LogP contribution in [0.5, 0.6) is 0 Å². The Kier molecular flexibility index (Phi) is 4.93. The SMILES string of the molecule is CN(C)c1cccc(C(=O)Nc2ncc(C#CCN)s2)c1. The summed E-state index contributed by atoms with van der Waals surface area (Å²) in [5.74, 6) is 5.45. The Morgan fingerprint density at radius 2 is 2.29 bits per heavy atom. The second-order valence-corrected chi connectivity index (χ2v) is 5.47. The Morgan fingerprint density at radius 3 is 3.00 bits per heavy atom. The van der Waals surface area contributed by atoms with Gasteiger partial charge in [0, 0.05) is 25.3 Å². The number of anilines is 2. The average molecular weight is 300 g/mol. The molecule has 0 aliphatic heterocycles. The highest BCUT2D eigenvalue weighted by Gasteiger charge is 2.09. The molecular formula is C15H16N4OS. The van der Waals surface area contributed by atoms with Gasteiger partial charge in [-0.05, 0) is 18.2 Å². The van der Waals surface area contributed by atoms with Gasteiger partial charge in [0.25, 0.3) is 5.91 Å². The van der Waals surface area contributed by atoms with Gasteiger partial charge in [-0.25, -0.2) is 4.98 Å². The molecule has 1 heterocycles. The van der Waals surface area contributed by atoms with Crippen molar-refractivity contribution in [1.82, 2.24) is 4.98 Å². The Morgan fingerprint density at radius 1 is 1.48 bits per heavy atom. The van der Waals surface area contributed by atoms with E-state index in [2.05, 4.69) is 22.1 Å². The number of nitrogens with two attached hydrogens (primary N) is 1. The van der Waals surface area contributed by atoms with E-state index in [0.717, 1.165) is 10.6 Å². The molecule has 0 saturated carbocycles. The van der Waals surface area contributed by atoms with Crippen LogP contribution in [0.3, 0.4) is 0 Å². The Balaban J connectivity index is 2.11. The molecule has 1 aromatic heterocycles. The van der Waals surface area contributed by atoms with E-state index in [-0.39, 0.29) is 5.91 Å². The fourth-order valence-electron chi connectivity index (χ4n) is 1.62. The number of thiazole rings is 1. The number of hydrogen-bond acceptors (Lipinski definition) is 5. The van der Waals surface area contributed by atoms with Gasteiger partial charge in [-0.2, -0.15) is 0 Å². The van der Waals surface area contributed by atoms with Crippen LogP contribution < -0.4 is 16.0 Å². The molecule has 2 aromatic rings. The molecule has 1 amide bonds. The molecule has 0 aliphatic rings. The first-order valence-electron chi connectivity index (χ1n) is 6.33. The van der Waals surface area contributed by atoms with Gasteiger partial charge in [-0.3, -0.25) is 10.1 Å². The summed E-state index contributed by atoms with van der Waals surface area (Å²) in [5.41, 5.74) is 6.87. The van der Waals surface area contributed by atoms with E-state index in [1.54, 1.807) is 12.3 Å². The van der Waals surface area contributed by atoms with Crippen molar-refractivity contribution in [2.45, 2.75) is 0 Å². The van der Waals surface area contributed by atoms with Crippen molar-refractivity contribution >= 4 is 28.1 Å². The highest BCUT2D eigenvalue weighted by Crippen LogP contribution is 2.19. The monoisotopic (exact) mass is 300 g/mol. The summed E-state index contributed by atoms with van der Waals surface area (Å²) in [6, 6.07) is 7.40. The lowest BCUT2D eigenvalue weighted by atomic mass is 10.2. The van der Waals surface area contributed by atoms with Crippen LogP contribution in [-0.2, 0) is 0 Å². The summed E-state index contributed by atoms with van der Waals surface area (Å²) in [7, 11) is 3.86. The van der Waals surface area contributed by atoms with E-state index in [9.17, 15) is 4.79 Å². The number of nitrogens with zero attached hydrogens (tertiary/aromatic N) is 2. The average Bonchev–Trinajstić information content (AvgIpc) is 2.92. The topological polar surface area (TPSA) is 71.2 Å². The largest absolute Gasteiger partial charge is 0.378 e. The van der Waals surface area contributed by atoms with Gasteiger partial charge < -0.3 is 10.6 Å². The van der Waals surface area contributed by atoms with E-state index in [1.165, 1.54) is 11.3 Å². The molecule has 108 valence electrons. The molecule has 5 nitrogen and oxygen atoms in total. The van der Waals surface area contributed by atoms with E-state index in [1.807, 2.05) is 37.2 Å². The van der Waals surface area contributed by atoms with Crippen LogP contribution in [0.4, 0.5) is 10.8 Å². The first-order chi connectivity index (χ1) is 10.1. The zero-order valence-electron chi connectivity index (χ0n) is 11.9. The van der Waals surface area contributed by atoms with Crippen LogP contribution in [0.1, 0.15) is 15.2 Å². The number of hydrogen-bond donors (Lipinski definition) is 2. The van der Waals surface area contributed by atoms with E-state index >= 15 is 0 Å². The van der Waals surface area contributed by atoms with Gasteiger partial charge in [-0.1, -0.05) is 29.2 Å². The summed E-state index contributed by atoms with van der Waals surface area (Å²) >= 11 is 1.32. The summed E-state index contributed by atoms with van der Waals surface area (Å²) < 4.78 is 0. The molecule has 1 aromatic carbocycles. The number of amides is 1. The van der Waals surface area contributed by atoms with Gasteiger partial charge in [0.1, 0.15) is 0 Å². The van der Waals surface area contributed by atoms with E-state index < -0.39 is 0 Å². The van der Waals surface area contributed by atoms with Crippen molar-refractivity contribution in [1.29, 1.82) is 0 Å². The van der Waals surface area contributed by atoms with Crippen molar-refractivity contribution in [3.63, 3.8) is 0 Å². The lowest BCUT2D eigenvalue weighted by Crippen LogP contribution is -2.14. The molecule has 2 rings (SSSR count). The maximum Gasteiger partial charge on any atom is 0.257 e. The standard InChI is InChI=1S/C15H16N4OS/c1-19(2)12-6-3-5-11(9-12)14(20)18-15-17-10-13(21-15)7-4-8-16/h3,5-6,9-10H,8,16H2,1-2H3,(H,17,18,20). The van der Waals surface area contributed by atoms with Crippen LogP contribution in [0.25, 0.3) is 0 Å². The van der Waals surface area contributed by atoms with E-state index in [0.29, 0.717) is 17.2 Å². The van der Waals surface area contributed by atoms with Crippen molar-refractivity contribution in [3.05, 3.63) is 40.9 Å². The van der Waals surface area contributed by atoms with Crippen molar-refractivity contribution in [2.24, 2.45) is 5.73 Å². The normalized spacial score (nSPS) is 9.67. The summed E-state index contributed by atoms with van der Waals surface area (Å²) in [5, 5.41) is 3.30. The zero-order chi connectivity index (χ0) is 15.2. The van der Waals surface area contributed by atoms with Crippen LogP contribution in [0, 0.1) is 11.8 Å². The van der Waals surface area contributed by atoms with Crippen LogP contribution in [-0.4, -0.2) is 31.5 Å². The molecule has 0 atom stereocenters. The van der Waals surface area contributed by atoms with Crippen LogP contribution in [0.2, 0.25) is 0 Å². The fraction of sp³-hybridized carbons (Fsp3) is 0.200. The maximum atomic E-state index is 12.2. The molecule has 0 aliphatic carbocycles. The van der Waals surface area contributed by atoms with Gasteiger partial charge in [0.05, 0.1) is 17.6 Å². The lowest BCUT2D eigenvalue weighted by Gasteiger charge is -2.13. The molecule has 21 heavy (non-hydrogen) atoms. The third kappa shape index (κ3) is 4.05. The fourth-order valence-corrected chi connectivity index (χ4v) is 2.31. The van der Waals surface area contributed by atoms with Gasteiger partial charge >= 0.3 is 0 Å². The molecule has 3 N–H and O–H groups in total. The minimum Gasteiger partial charge on any atom is -0.378 e. The first kappa shape index (κ1) is 15.0. The Hall–Kier alpha value is -2.36. The number of rotatable bonds is 3. The molecule has 0 radical (unpaired) electrons. The molecule has 0 saturated heterocycles. The molecular weight excluding hydrogens is 284 g/mol. The van der Waals surface area contributed by atoms with Crippen molar-refractivity contribution < 1.29 is 4.79 Å². The molecule has 6 heteroatoms. The van der Waals surface area contributed by atoms with Crippen molar-refractivity contribution in [2.75, 3.05) is 30.9 Å². The third-order valence-electron chi connectivity index (χ3n) is 2.66. The Bertz CT molecular complexity index is 697. The van der Waals surface area contributed by atoms with Crippen molar-refractivity contribution in [3.8, 4) is 11.8 Å². The van der Waals surface area contributed by atoms with Crippen LogP contribution in [0.15, 0.2) is 30.5 Å².